The Balaban J connectivity index is 1.71. The zero-order valence-electron chi connectivity index (χ0n) is 15.2. The molecule has 27 heavy (non-hydrogen) atoms. The van der Waals surface area contributed by atoms with Crippen LogP contribution in [-0.4, -0.2) is 39.0 Å². The van der Waals surface area contributed by atoms with Crippen molar-refractivity contribution in [3.05, 3.63) is 42.2 Å². The van der Waals surface area contributed by atoms with E-state index in [9.17, 15) is 4.79 Å². The van der Waals surface area contributed by atoms with Gasteiger partial charge in [0.05, 0.1) is 18.4 Å². The Bertz CT molecular complexity index is 1120. The van der Waals surface area contributed by atoms with Crippen molar-refractivity contribution < 1.29 is 4.79 Å². The molecule has 0 aliphatic rings. The van der Waals surface area contributed by atoms with Crippen LogP contribution in [0.5, 0.6) is 0 Å². The summed E-state index contributed by atoms with van der Waals surface area (Å²) in [6.45, 7) is 0.461. The molecule has 4 rings (SSSR count). The summed E-state index contributed by atoms with van der Waals surface area (Å²) in [5.41, 5.74) is 11.0. The highest BCUT2D eigenvalue weighted by Gasteiger charge is 2.15. The molecule has 8 nitrogen and oxygen atoms in total. The highest BCUT2D eigenvalue weighted by molar-refractivity contribution is 6.07. The van der Waals surface area contributed by atoms with E-state index in [0.29, 0.717) is 6.54 Å². The number of carbonyl (C=O) groups excluding carboxylic acids is 1. The van der Waals surface area contributed by atoms with Gasteiger partial charge >= 0.3 is 0 Å². The van der Waals surface area contributed by atoms with Crippen LogP contribution < -0.4 is 16.4 Å². The number of pyridine rings is 1. The molecule has 0 aliphatic carbocycles. The first-order valence-corrected chi connectivity index (χ1v) is 8.68. The Morgan fingerprint density at radius 2 is 2.07 bits per heavy atom. The van der Waals surface area contributed by atoms with E-state index in [1.165, 1.54) is 0 Å². The van der Waals surface area contributed by atoms with E-state index in [2.05, 4.69) is 31.7 Å². The first-order valence-electron chi connectivity index (χ1n) is 8.68. The van der Waals surface area contributed by atoms with Gasteiger partial charge in [0.2, 0.25) is 5.91 Å². The normalized spacial score (nSPS) is 11.2. The monoisotopic (exact) mass is 363 g/mol. The average molecular weight is 363 g/mol. The number of aromatic amines is 1. The predicted molar refractivity (Wildman–Crippen MR) is 106 cm³/mol. The second-order valence-corrected chi connectivity index (χ2v) is 6.39. The van der Waals surface area contributed by atoms with Crippen LogP contribution in [0.3, 0.4) is 0 Å². The molecule has 0 bridgehead atoms. The topological polar surface area (TPSA) is 114 Å². The number of carbonyl (C=O) groups is 1. The largest absolute Gasteiger partial charge is 0.371 e. The maximum absolute atomic E-state index is 11.3. The Morgan fingerprint density at radius 3 is 2.78 bits per heavy atom. The van der Waals surface area contributed by atoms with E-state index < -0.39 is 0 Å². The minimum Gasteiger partial charge on any atom is -0.371 e. The van der Waals surface area contributed by atoms with Gasteiger partial charge in [0.15, 0.2) is 5.82 Å². The van der Waals surface area contributed by atoms with Crippen molar-refractivity contribution in [2.75, 3.05) is 18.9 Å². The van der Waals surface area contributed by atoms with Crippen molar-refractivity contribution in [1.82, 2.24) is 24.8 Å². The zero-order chi connectivity index (χ0) is 19.0. The molecule has 3 aromatic heterocycles. The zero-order valence-corrected chi connectivity index (χ0v) is 15.2. The average Bonchev–Trinajstić information content (AvgIpc) is 3.29. The molecule has 3 heterocycles. The number of aromatic nitrogens is 4. The van der Waals surface area contributed by atoms with Crippen molar-refractivity contribution in [1.29, 1.82) is 0 Å². The number of nitrogens with zero attached hydrogens (tertiary/aromatic N) is 3. The van der Waals surface area contributed by atoms with Crippen LogP contribution >= 0.6 is 0 Å². The molecular formula is C19H21N7O. The van der Waals surface area contributed by atoms with Gasteiger partial charge in [-0.3, -0.25) is 4.79 Å². The van der Waals surface area contributed by atoms with E-state index >= 15 is 0 Å². The molecule has 5 N–H and O–H groups in total. The van der Waals surface area contributed by atoms with Gasteiger partial charge in [0.1, 0.15) is 11.2 Å². The number of nitrogens with two attached hydrogens (primary N) is 1. The van der Waals surface area contributed by atoms with Gasteiger partial charge in [0.25, 0.3) is 0 Å². The lowest BCUT2D eigenvalue weighted by Gasteiger charge is -2.04. The molecule has 0 saturated carbocycles. The Kier molecular flexibility index (Phi) is 4.25. The number of rotatable bonds is 5. The summed E-state index contributed by atoms with van der Waals surface area (Å²) in [6, 6.07) is 10.1. The summed E-state index contributed by atoms with van der Waals surface area (Å²) >= 11 is 0. The first kappa shape index (κ1) is 17.0. The molecule has 1 amide bonds. The van der Waals surface area contributed by atoms with Gasteiger partial charge in [-0.15, -0.1) is 0 Å². The summed E-state index contributed by atoms with van der Waals surface area (Å²) in [4.78, 5) is 23.8. The number of amides is 1. The number of nitrogens with one attached hydrogen (secondary N) is 3. The number of hydrogen-bond donors (Lipinski definition) is 4. The SMILES string of the molecule is CNc1nc2[nH]c(-c3ccc(CNC(=O)CN)cc3)cc2c2c1ncn2C. The molecule has 0 fully saturated rings. The number of benzene rings is 1. The number of H-pyrrole nitrogens is 1. The maximum atomic E-state index is 11.3. The van der Waals surface area contributed by atoms with Crippen molar-refractivity contribution in [3.63, 3.8) is 0 Å². The molecule has 0 aliphatic heterocycles. The van der Waals surface area contributed by atoms with E-state index in [-0.39, 0.29) is 12.5 Å². The molecule has 0 saturated heterocycles. The van der Waals surface area contributed by atoms with Crippen LogP contribution in [0, 0.1) is 0 Å². The Labute approximate surface area is 155 Å². The molecular weight excluding hydrogens is 342 g/mol. The number of anilines is 1. The number of imidazole rings is 1. The van der Waals surface area contributed by atoms with Crippen molar-refractivity contribution in [3.8, 4) is 11.3 Å². The quantitative estimate of drug-likeness (QED) is 0.431. The molecule has 1 aromatic carbocycles. The van der Waals surface area contributed by atoms with E-state index in [4.69, 9.17) is 5.73 Å². The summed E-state index contributed by atoms with van der Waals surface area (Å²) in [7, 11) is 3.82. The number of aryl methyl sites for hydroxylation is 1. The minimum atomic E-state index is -0.165. The molecule has 138 valence electrons. The highest BCUT2D eigenvalue weighted by atomic mass is 16.1. The Morgan fingerprint density at radius 1 is 1.30 bits per heavy atom. The number of fused-ring (bicyclic) bond motifs is 3. The lowest BCUT2D eigenvalue weighted by molar-refractivity contribution is -0.119. The highest BCUT2D eigenvalue weighted by Crippen LogP contribution is 2.31. The standard InChI is InChI=1S/C19H21N7O/c1-21-19-16-17(26(2)10-23-16)13-7-14(24-18(13)25-19)12-5-3-11(4-6-12)9-22-15(27)8-20/h3-7,10H,8-9,20H2,1-2H3,(H,22,27)(H2,21,24,25). The van der Waals surface area contributed by atoms with Crippen molar-refractivity contribution in [2.24, 2.45) is 12.8 Å². The summed E-state index contributed by atoms with van der Waals surface area (Å²) in [6.07, 6.45) is 1.80. The maximum Gasteiger partial charge on any atom is 0.234 e. The summed E-state index contributed by atoms with van der Waals surface area (Å²) in [5, 5.41) is 6.90. The lowest BCUT2D eigenvalue weighted by Crippen LogP contribution is -2.29. The third-order valence-corrected chi connectivity index (χ3v) is 4.61. The molecule has 0 unspecified atom stereocenters. The fraction of sp³-hybridized carbons (Fsp3) is 0.211. The lowest BCUT2D eigenvalue weighted by atomic mass is 10.1. The number of hydrogen-bond acceptors (Lipinski definition) is 5. The molecule has 0 spiro atoms. The van der Waals surface area contributed by atoms with Gasteiger partial charge in [-0.05, 0) is 17.2 Å². The molecule has 0 radical (unpaired) electrons. The predicted octanol–water partition coefficient (Wildman–Crippen LogP) is 1.73. The molecule has 4 aromatic rings. The van der Waals surface area contributed by atoms with Crippen LogP contribution in [0.15, 0.2) is 36.7 Å². The van der Waals surface area contributed by atoms with Crippen molar-refractivity contribution in [2.45, 2.75) is 6.54 Å². The van der Waals surface area contributed by atoms with E-state index in [1.54, 1.807) is 6.33 Å². The minimum absolute atomic E-state index is 0.00274. The fourth-order valence-electron chi connectivity index (χ4n) is 3.20. The summed E-state index contributed by atoms with van der Waals surface area (Å²) in [5.74, 6) is 0.582. The van der Waals surface area contributed by atoms with Crippen molar-refractivity contribution >= 4 is 33.8 Å². The summed E-state index contributed by atoms with van der Waals surface area (Å²) < 4.78 is 2.00. The Hall–Kier alpha value is -3.39. The van der Waals surface area contributed by atoms with Crippen LogP contribution in [0.1, 0.15) is 5.56 Å². The third-order valence-electron chi connectivity index (χ3n) is 4.61. The molecule has 0 atom stereocenters. The van der Waals surface area contributed by atoms with Gasteiger partial charge in [-0.1, -0.05) is 24.3 Å². The van der Waals surface area contributed by atoms with Gasteiger partial charge in [-0.2, -0.15) is 0 Å². The fourth-order valence-corrected chi connectivity index (χ4v) is 3.20. The van der Waals surface area contributed by atoms with E-state index in [0.717, 1.165) is 44.7 Å². The van der Waals surface area contributed by atoms with Crippen LogP contribution in [0.25, 0.3) is 33.3 Å². The third kappa shape index (κ3) is 3.00. The first-order chi connectivity index (χ1) is 13.1. The smallest absolute Gasteiger partial charge is 0.234 e. The van der Waals surface area contributed by atoms with Gasteiger partial charge in [-0.25, -0.2) is 9.97 Å². The van der Waals surface area contributed by atoms with Gasteiger partial charge in [0, 0.05) is 31.7 Å². The van der Waals surface area contributed by atoms with Crippen LogP contribution in [-0.2, 0) is 18.4 Å². The van der Waals surface area contributed by atoms with Gasteiger partial charge < -0.3 is 25.9 Å². The molecule has 8 heteroatoms. The van der Waals surface area contributed by atoms with E-state index in [1.807, 2.05) is 42.9 Å². The second-order valence-electron chi connectivity index (χ2n) is 6.39. The van der Waals surface area contributed by atoms with Crippen LogP contribution in [0.2, 0.25) is 0 Å². The second kappa shape index (κ2) is 6.73. The van der Waals surface area contributed by atoms with Crippen LogP contribution in [0.4, 0.5) is 5.82 Å².